The summed E-state index contributed by atoms with van der Waals surface area (Å²) >= 11 is 1.54. The van der Waals surface area contributed by atoms with Gasteiger partial charge in [-0.2, -0.15) is 0 Å². The van der Waals surface area contributed by atoms with Gasteiger partial charge in [0.15, 0.2) is 0 Å². The number of amides is 1. The van der Waals surface area contributed by atoms with E-state index in [4.69, 9.17) is 4.74 Å². The van der Waals surface area contributed by atoms with Gasteiger partial charge in [-0.15, -0.1) is 11.3 Å². The summed E-state index contributed by atoms with van der Waals surface area (Å²) in [4.78, 5) is 20.2. The third kappa shape index (κ3) is 3.47. The molecule has 0 spiro atoms. The van der Waals surface area contributed by atoms with Crippen molar-refractivity contribution in [1.82, 2.24) is 15.2 Å². The van der Waals surface area contributed by atoms with E-state index in [1.54, 1.807) is 7.05 Å². The third-order valence-electron chi connectivity index (χ3n) is 5.67. The molecule has 5 rings (SSSR count). The van der Waals surface area contributed by atoms with Crippen LogP contribution in [-0.2, 0) is 11.3 Å². The zero-order valence-electron chi connectivity index (χ0n) is 16.8. The van der Waals surface area contributed by atoms with Gasteiger partial charge in [-0.05, 0) is 29.1 Å². The highest BCUT2D eigenvalue weighted by atomic mass is 32.1. The van der Waals surface area contributed by atoms with E-state index >= 15 is 0 Å². The summed E-state index contributed by atoms with van der Waals surface area (Å²) in [6.07, 6.45) is 1.75. The predicted molar refractivity (Wildman–Crippen MR) is 121 cm³/mol. The number of hydrogen-bond donors (Lipinski definition) is 1. The van der Waals surface area contributed by atoms with Crippen LogP contribution in [0.5, 0.6) is 0 Å². The van der Waals surface area contributed by atoms with E-state index in [1.807, 2.05) is 30.5 Å². The summed E-state index contributed by atoms with van der Waals surface area (Å²) in [5.41, 5.74) is 3.30. The number of ether oxygens (including phenoxy) is 1. The van der Waals surface area contributed by atoms with Crippen molar-refractivity contribution in [3.8, 4) is 0 Å². The van der Waals surface area contributed by atoms with E-state index in [1.165, 1.54) is 22.3 Å². The van der Waals surface area contributed by atoms with Gasteiger partial charge in [0.2, 0.25) is 0 Å². The van der Waals surface area contributed by atoms with Crippen LogP contribution in [-0.4, -0.2) is 42.5 Å². The lowest BCUT2D eigenvalue weighted by Gasteiger charge is -2.33. The number of carbonyl (C=O) groups is 1. The number of hydrogen-bond acceptors (Lipinski definition) is 5. The standard InChI is InChI=1S/C24H23N3O2S/c1-25-24(28)23-22(18-7-3-5-9-21(18)30-23)20-15-27(12-13-29-20)14-16-10-11-26-19-8-4-2-6-17(16)19/h2-11,20H,12-15H2,1H3,(H,25,28)/t20-/m1/s1. The van der Waals surface area contributed by atoms with Crippen molar-refractivity contribution in [2.45, 2.75) is 12.6 Å². The molecule has 2 aromatic carbocycles. The lowest BCUT2D eigenvalue weighted by atomic mass is 10.0. The quantitative estimate of drug-likeness (QED) is 0.535. The summed E-state index contributed by atoms with van der Waals surface area (Å²) < 4.78 is 7.31. The van der Waals surface area contributed by atoms with Gasteiger partial charge in [-0.25, -0.2) is 0 Å². The Kier molecular flexibility index (Phi) is 5.21. The van der Waals surface area contributed by atoms with Crippen molar-refractivity contribution in [1.29, 1.82) is 0 Å². The molecule has 1 amide bonds. The monoisotopic (exact) mass is 417 g/mol. The lowest BCUT2D eigenvalue weighted by Crippen LogP contribution is -2.38. The van der Waals surface area contributed by atoms with Crippen LogP contribution in [0.2, 0.25) is 0 Å². The lowest BCUT2D eigenvalue weighted by molar-refractivity contribution is -0.0321. The van der Waals surface area contributed by atoms with Gasteiger partial charge in [0.05, 0.1) is 23.1 Å². The van der Waals surface area contributed by atoms with E-state index in [0.717, 1.165) is 45.7 Å². The number of para-hydroxylation sites is 1. The minimum absolute atomic E-state index is 0.0490. The van der Waals surface area contributed by atoms with E-state index in [0.29, 0.717) is 6.61 Å². The highest BCUT2D eigenvalue weighted by Crippen LogP contribution is 2.38. The highest BCUT2D eigenvalue weighted by Gasteiger charge is 2.29. The number of thiophene rings is 1. The molecule has 152 valence electrons. The van der Waals surface area contributed by atoms with Crippen LogP contribution in [0.15, 0.2) is 60.8 Å². The van der Waals surface area contributed by atoms with Crippen LogP contribution < -0.4 is 5.32 Å². The zero-order chi connectivity index (χ0) is 20.5. The zero-order valence-corrected chi connectivity index (χ0v) is 17.6. The maximum absolute atomic E-state index is 12.6. The number of carbonyl (C=O) groups excluding carboxylic acids is 1. The van der Waals surface area contributed by atoms with E-state index in [2.05, 4.69) is 45.5 Å². The number of nitrogens with zero attached hydrogens (tertiary/aromatic N) is 2. The summed E-state index contributed by atoms with van der Waals surface area (Å²) in [6, 6.07) is 18.6. The van der Waals surface area contributed by atoms with Gasteiger partial charge in [0.1, 0.15) is 0 Å². The Bertz CT molecular complexity index is 1210. The van der Waals surface area contributed by atoms with Gasteiger partial charge >= 0.3 is 0 Å². The molecule has 30 heavy (non-hydrogen) atoms. The van der Waals surface area contributed by atoms with Crippen molar-refractivity contribution in [2.75, 3.05) is 26.7 Å². The summed E-state index contributed by atoms with van der Waals surface area (Å²) in [7, 11) is 1.68. The topological polar surface area (TPSA) is 54.5 Å². The van der Waals surface area contributed by atoms with Gasteiger partial charge < -0.3 is 10.1 Å². The van der Waals surface area contributed by atoms with E-state index in [-0.39, 0.29) is 12.0 Å². The number of benzene rings is 2. The second-order valence-electron chi connectivity index (χ2n) is 7.50. The van der Waals surface area contributed by atoms with Crippen LogP contribution in [0.4, 0.5) is 0 Å². The molecule has 5 nitrogen and oxygen atoms in total. The van der Waals surface area contributed by atoms with Crippen molar-refractivity contribution >= 4 is 38.2 Å². The van der Waals surface area contributed by atoms with Gasteiger partial charge in [0.25, 0.3) is 5.91 Å². The van der Waals surface area contributed by atoms with Crippen LogP contribution in [0.3, 0.4) is 0 Å². The Balaban J connectivity index is 1.47. The fourth-order valence-corrected chi connectivity index (χ4v) is 5.42. The number of aromatic nitrogens is 1. The molecule has 1 saturated heterocycles. The molecule has 6 heteroatoms. The molecule has 1 fully saturated rings. The average molecular weight is 418 g/mol. The molecule has 1 aliphatic heterocycles. The maximum atomic E-state index is 12.6. The fraction of sp³-hybridized carbons (Fsp3) is 0.250. The summed E-state index contributed by atoms with van der Waals surface area (Å²) in [5.74, 6) is -0.0490. The molecule has 0 radical (unpaired) electrons. The van der Waals surface area contributed by atoms with Crippen LogP contribution >= 0.6 is 11.3 Å². The predicted octanol–water partition coefficient (Wildman–Crippen LogP) is 4.38. The number of fused-ring (bicyclic) bond motifs is 2. The Morgan fingerprint density at radius 2 is 1.97 bits per heavy atom. The van der Waals surface area contributed by atoms with Crippen molar-refractivity contribution in [3.63, 3.8) is 0 Å². The number of nitrogens with one attached hydrogen (secondary N) is 1. The highest BCUT2D eigenvalue weighted by molar-refractivity contribution is 7.21. The Hall–Kier alpha value is -2.80. The second-order valence-corrected chi connectivity index (χ2v) is 8.55. The molecule has 0 unspecified atom stereocenters. The van der Waals surface area contributed by atoms with Crippen LogP contribution in [0.1, 0.15) is 26.9 Å². The SMILES string of the molecule is CNC(=O)c1sc2ccccc2c1[C@H]1CN(Cc2ccnc3ccccc23)CCO1. The van der Waals surface area contributed by atoms with Crippen LogP contribution in [0.25, 0.3) is 21.0 Å². The van der Waals surface area contributed by atoms with Gasteiger partial charge in [-0.3, -0.25) is 14.7 Å². The first-order valence-electron chi connectivity index (χ1n) is 10.1. The molecule has 0 saturated carbocycles. The first-order valence-corrected chi connectivity index (χ1v) is 11.0. The molecular formula is C24H23N3O2S. The number of rotatable bonds is 4. The van der Waals surface area contributed by atoms with E-state index in [9.17, 15) is 4.79 Å². The second kappa shape index (κ2) is 8.14. The van der Waals surface area contributed by atoms with Crippen molar-refractivity contribution in [2.24, 2.45) is 0 Å². The summed E-state index contributed by atoms with van der Waals surface area (Å²) in [6.45, 7) is 3.09. The van der Waals surface area contributed by atoms with Gasteiger partial charge in [0, 0.05) is 48.5 Å². The van der Waals surface area contributed by atoms with Crippen molar-refractivity contribution in [3.05, 3.63) is 76.8 Å². The smallest absolute Gasteiger partial charge is 0.261 e. The van der Waals surface area contributed by atoms with Crippen LogP contribution in [0, 0.1) is 0 Å². The molecule has 0 bridgehead atoms. The maximum Gasteiger partial charge on any atom is 0.261 e. The molecule has 0 aliphatic carbocycles. The Morgan fingerprint density at radius 1 is 1.17 bits per heavy atom. The number of pyridine rings is 1. The molecule has 4 aromatic rings. The largest absolute Gasteiger partial charge is 0.371 e. The normalized spacial score (nSPS) is 17.4. The minimum atomic E-state index is -0.129. The third-order valence-corrected chi connectivity index (χ3v) is 6.86. The average Bonchev–Trinajstić information content (AvgIpc) is 3.19. The number of morpholine rings is 1. The molecule has 3 heterocycles. The molecule has 1 aliphatic rings. The Morgan fingerprint density at radius 3 is 2.83 bits per heavy atom. The molecule has 1 atom stereocenters. The molecule has 1 N–H and O–H groups in total. The van der Waals surface area contributed by atoms with Crippen molar-refractivity contribution < 1.29 is 9.53 Å². The molecule has 2 aromatic heterocycles. The Labute approximate surface area is 179 Å². The minimum Gasteiger partial charge on any atom is -0.371 e. The summed E-state index contributed by atoms with van der Waals surface area (Å²) in [5, 5.41) is 5.09. The first-order chi connectivity index (χ1) is 14.7. The molecular weight excluding hydrogens is 394 g/mol. The van der Waals surface area contributed by atoms with Gasteiger partial charge in [-0.1, -0.05) is 36.4 Å². The first kappa shape index (κ1) is 19.2. The van der Waals surface area contributed by atoms with E-state index < -0.39 is 0 Å². The fourth-order valence-electron chi connectivity index (χ4n) is 4.22.